The highest BCUT2D eigenvalue weighted by Gasteiger charge is 2.33. The molecule has 0 aromatic carbocycles. The number of allylic oxidation sites excluding steroid dienone is 2. The topological polar surface area (TPSA) is 20.2 Å². The summed E-state index contributed by atoms with van der Waals surface area (Å²) in [5.41, 5.74) is -0.101. The smallest absolute Gasteiger partial charge is 0.102 e. The van der Waals surface area contributed by atoms with E-state index in [0.717, 1.165) is 5.57 Å². The number of halogens is 2. The van der Waals surface area contributed by atoms with Gasteiger partial charge in [0.05, 0.1) is 0 Å². The van der Waals surface area contributed by atoms with Gasteiger partial charge in [-0.15, -0.1) is 11.6 Å². The minimum Gasteiger partial charge on any atom is -0.384 e. The molecule has 1 aliphatic carbocycles. The molecule has 3 heteroatoms. The highest BCUT2D eigenvalue weighted by molar-refractivity contribution is 6.38. The average Bonchev–Trinajstić information content (AvgIpc) is 1.95. The summed E-state index contributed by atoms with van der Waals surface area (Å²) >= 11 is 11.7. The van der Waals surface area contributed by atoms with E-state index < -0.39 is 11.0 Å². The molecule has 0 aromatic rings. The SMILES string of the molecule is CC1=C(Cl)C(Cl)C(C)(O)C=C1. The van der Waals surface area contributed by atoms with Crippen LogP contribution in [0, 0.1) is 0 Å². The number of alkyl halides is 1. The van der Waals surface area contributed by atoms with Gasteiger partial charge in [-0.05, 0) is 19.4 Å². The second kappa shape index (κ2) is 2.81. The monoisotopic (exact) mass is 192 g/mol. The molecule has 1 nitrogen and oxygen atoms in total. The van der Waals surface area contributed by atoms with Crippen molar-refractivity contribution < 1.29 is 5.11 Å². The van der Waals surface area contributed by atoms with Gasteiger partial charge in [-0.1, -0.05) is 23.8 Å². The molecule has 2 unspecified atom stereocenters. The average molecular weight is 193 g/mol. The van der Waals surface area contributed by atoms with E-state index in [0.29, 0.717) is 5.03 Å². The van der Waals surface area contributed by atoms with Crippen LogP contribution in [0.1, 0.15) is 13.8 Å². The van der Waals surface area contributed by atoms with Crippen molar-refractivity contribution in [1.82, 2.24) is 0 Å². The molecule has 0 heterocycles. The summed E-state index contributed by atoms with van der Waals surface area (Å²) in [5, 5.41) is 9.60. The second-order valence-corrected chi connectivity index (χ2v) is 3.80. The van der Waals surface area contributed by atoms with Crippen LogP contribution in [-0.4, -0.2) is 16.1 Å². The van der Waals surface area contributed by atoms with E-state index in [-0.39, 0.29) is 0 Å². The molecule has 0 aliphatic heterocycles. The van der Waals surface area contributed by atoms with Gasteiger partial charge in [0.1, 0.15) is 11.0 Å². The maximum Gasteiger partial charge on any atom is 0.102 e. The van der Waals surface area contributed by atoms with Gasteiger partial charge in [0.25, 0.3) is 0 Å². The molecule has 2 atom stereocenters. The molecular weight excluding hydrogens is 183 g/mol. The molecule has 1 N–H and O–H groups in total. The Morgan fingerprint density at radius 2 is 2.18 bits per heavy atom. The van der Waals surface area contributed by atoms with Crippen LogP contribution >= 0.6 is 23.2 Å². The van der Waals surface area contributed by atoms with E-state index in [1.165, 1.54) is 0 Å². The molecule has 0 saturated heterocycles. The summed E-state index contributed by atoms with van der Waals surface area (Å²) in [6, 6.07) is 0. The van der Waals surface area contributed by atoms with Crippen LogP contribution in [0.15, 0.2) is 22.8 Å². The zero-order chi connectivity index (χ0) is 8.65. The third-order valence-electron chi connectivity index (χ3n) is 1.78. The molecule has 62 valence electrons. The maximum absolute atomic E-state index is 9.59. The first-order valence-corrected chi connectivity index (χ1v) is 4.18. The summed E-state index contributed by atoms with van der Waals surface area (Å²) in [5.74, 6) is 0. The van der Waals surface area contributed by atoms with E-state index in [2.05, 4.69) is 0 Å². The maximum atomic E-state index is 9.59. The third kappa shape index (κ3) is 1.61. The van der Waals surface area contributed by atoms with Crippen molar-refractivity contribution in [2.45, 2.75) is 24.8 Å². The molecule has 0 bridgehead atoms. The van der Waals surface area contributed by atoms with Crippen molar-refractivity contribution in [3.63, 3.8) is 0 Å². The van der Waals surface area contributed by atoms with E-state index >= 15 is 0 Å². The zero-order valence-corrected chi connectivity index (χ0v) is 7.95. The van der Waals surface area contributed by atoms with Gasteiger partial charge in [0, 0.05) is 5.03 Å². The van der Waals surface area contributed by atoms with E-state index in [4.69, 9.17) is 23.2 Å². The molecule has 0 saturated carbocycles. The Bertz CT molecular complexity index is 228. The molecule has 11 heavy (non-hydrogen) atoms. The van der Waals surface area contributed by atoms with Crippen molar-refractivity contribution in [1.29, 1.82) is 0 Å². The van der Waals surface area contributed by atoms with Gasteiger partial charge in [0.15, 0.2) is 0 Å². The predicted molar refractivity (Wildman–Crippen MR) is 48.0 cm³/mol. The first kappa shape index (κ1) is 9.11. The molecule has 1 rings (SSSR count). The lowest BCUT2D eigenvalue weighted by molar-refractivity contribution is 0.116. The molecular formula is C8H10Cl2O. The van der Waals surface area contributed by atoms with Crippen molar-refractivity contribution >= 4 is 23.2 Å². The highest BCUT2D eigenvalue weighted by Crippen LogP contribution is 2.33. The first-order chi connectivity index (χ1) is 4.95. The summed E-state index contributed by atoms with van der Waals surface area (Å²) in [4.78, 5) is 0. The second-order valence-electron chi connectivity index (χ2n) is 2.95. The molecule has 0 aromatic heterocycles. The summed E-state index contributed by atoms with van der Waals surface area (Å²) in [6.45, 7) is 3.50. The zero-order valence-electron chi connectivity index (χ0n) is 6.44. The Balaban J connectivity index is 3.01. The van der Waals surface area contributed by atoms with Crippen molar-refractivity contribution in [3.8, 4) is 0 Å². The summed E-state index contributed by atoms with van der Waals surface area (Å²) in [6.07, 6.45) is 3.44. The fourth-order valence-corrected chi connectivity index (χ4v) is 1.44. The number of hydrogen-bond donors (Lipinski definition) is 1. The van der Waals surface area contributed by atoms with Crippen molar-refractivity contribution in [3.05, 3.63) is 22.8 Å². The van der Waals surface area contributed by atoms with Crippen LogP contribution in [0.2, 0.25) is 0 Å². The van der Waals surface area contributed by atoms with Gasteiger partial charge in [-0.25, -0.2) is 0 Å². The van der Waals surface area contributed by atoms with E-state index in [1.54, 1.807) is 19.1 Å². The fourth-order valence-electron chi connectivity index (χ4n) is 0.914. The van der Waals surface area contributed by atoms with Crippen LogP contribution in [0.4, 0.5) is 0 Å². The Morgan fingerprint density at radius 3 is 2.64 bits per heavy atom. The fraction of sp³-hybridized carbons (Fsp3) is 0.500. The van der Waals surface area contributed by atoms with E-state index in [1.807, 2.05) is 6.92 Å². The van der Waals surface area contributed by atoms with E-state index in [9.17, 15) is 5.11 Å². The van der Waals surface area contributed by atoms with Gasteiger partial charge >= 0.3 is 0 Å². The molecule has 0 fully saturated rings. The van der Waals surface area contributed by atoms with Crippen molar-refractivity contribution in [2.75, 3.05) is 0 Å². The molecule has 0 spiro atoms. The number of aliphatic hydroxyl groups is 1. The minimum atomic E-state index is -1.02. The number of hydrogen-bond acceptors (Lipinski definition) is 1. The molecule has 1 aliphatic rings. The third-order valence-corrected chi connectivity index (χ3v) is 3.07. The summed E-state index contributed by atoms with van der Waals surface area (Å²) in [7, 11) is 0. The standard InChI is InChI=1S/C8H10Cl2O/c1-5-3-4-8(2,11)7(10)6(5)9/h3-4,7,11H,1-2H3. The van der Waals surface area contributed by atoms with Crippen LogP contribution in [0.25, 0.3) is 0 Å². The highest BCUT2D eigenvalue weighted by atomic mass is 35.5. The molecule has 0 amide bonds. The first-order valence-electron chi connectivity index (χ1n) is 3.37. The lowest BCUT2D eigenvalue weighted by Gasteiger charge is -2.28. The van der Waals surface area contributed by atoms with Crippen LogP contribution in [0.3, 0.4) is 0 Å². The Morgan fingerprint density at radius 1 is 1.64 bits per heavy atom. The van der Waals surface area contributed by atoms with Crippen molar-refractivity contribution in [2.24, 2.45) is 0 Å². The van der Waals surface area contributed by atoms with Gasteiger partial charge in [-0.3, -0.25) is 0 Å². The minimum absolute atomic E-state index is 0.519. The van der Waals surface area contributed by atoms with Gasteiger partial charge in [0.2, 0.25) is 0 Å². The molecule has 0 radical (unpaired) electrons. The van der Waals surface area contributed by atoms with Gasteiger partial charge in [-0.2, -0.15) is 0 Å². The van der Waals surface area contributed by atoms with Crippen LogP contribution in [-0.2, 0) is 0 Å². The van der Waals surface area contributed by atoms with Gasteiger partial charge < -0.3 is 5.11 Å². The quantitative estimate of drug-likeness (QED) is 0.585. The number of rotatable bonds is 0. The Hall–Kier alpha value is 0.0200. The Kier molecular flexibility index (Phi) is 2.33. The lowest BCUT2D eigenvalue weighted by Crippen LogP contribution is -2.35. The van der Waals surface area contributed by atoms with Crippen LogP contribution in [0.5, 0.6) is 0 Å². The normalized spacial score (nSPS) is 38.1. The van der Waals surface area contributed by atoms with Crippen LogP contribution < -0.4 is 0 Å². The summed E-state index contributed by atoms with van der Waals surface area (Å²) < 4.78 is 0. The predicted octanol–water partition coefficient (Wildman–Crippen LogP) is 2.43. The largest absolute Gasteiger partial charge is 0.384 e. The Labute approximate surface area is 76.3 Å². The lowest BCUT2D eigenvalue weighted by atomic mass is 9.94.